The summed E-state index contributed by atoms with van der Waals surface area (Å²) in [5, 5.41) is 7.33. The van der Waals surface area contributed by atoms with Crippen molar-refractivity contribution in [2.24, 2.45) is 0 Å². The van der Waals surface area contributed by atoms with E-state index >= 15 is 0 Å². The third-order valence-electron chi connectivity index (χ3n) is 5.08. The van der Waals surface area contributed by atoms with E-state index in [2.05, 4.69) is 27.1 Å². The van der Waals surface area contributed by atoms with Gasteiger partial charge in [-0.3, -0.25) is 4.90 Å². The van der Waals surface area contributed by atoms with E-state index in [1.54, 1.807) is 31.3 Å². The van der Waals surface area contributed by atoms with Gasteiger partial charge in [-0.2, -0.15) is 28.4 Å². The van der Waals surface area contributed by atoms with E-state index in [0.717, 1.165) is 30.3 Å². The van der Waals surface area contributed by atoms with Gasteiger partial charge in [0.15, 0.2) is 0 Å². The summed E-state index contributed by atoms with van der Waals surface area (Å²) in [5.74, 6) is 0. The summed E-state index contributed by atoms with van der Waals surface area (Å²) in [6.45, 7) is 7.95. The first-order valence-electron chi connectivity index (χ1n) is 9.52. The van der Waals surface area contributed by atoms with E-state index < -0.39 is 10.2 Å². The van der Waals surface area contributed by atoms with Crippen LogP contribution in [0.15, 0.2) is 22.2 Å². The van der Waals surface area contributed by atoms with Gasteiger partial charge in [-0.25, -0.2) is 4.98 Å². The van der Waals surface area contributed by atoms with Crippen molar-refractivity contribution in [2.75, 3.05) is 39.3 Å². The molecule has 4 heterocycles. The molecule has 0 radical (unpaired) electrons. The highest BCUT2D eigenvalue weighted by Crippen LogP contribution is 2.26. The molecule has 2 aliphatic rings. The first-order chi connectivity index (χ1) is 13.4. The van der Waals surface area contributed by atoms with Crippen LogP contribution in [-0.2, 0) is 21.5 Å². The van der Waals surface area contributed by atoms with Crippen LogP contribution in [0, 0.1) is 0 Å². The van der Waals surface area contributed by atoms with Crippen molar-refractivity contribution in [3.63, 3.8) is 0 Å². The molecule has 7 nitrogen and oxygen atoms in total. The molecule has 2 aromatic heterocycles. The van der Waals surface area contributed by atoms with Gasteiger partial charge in [0.1, 0.15) is 5.01 Å². The molecular formula is C18H26N4O3S3. The summed E-state index contributed by atoms with van der Waals surface area (Å²) < 4.78 is 34.9. The number of ether oxygens (including phenoxy) is 1. The number of hydrogen-bond acceptors (Lipinski definition) is 7. The number of nitrogens with zero attached hydrogens (tertiary/aromatic N) is 4. The lowest BCUT2D eigenvalue weighted by Gasteiger charge is -2.40. The molecule has 2 fully saturated rings. The molecule has 10 heteroatoms. The molecule has 0 bridgehead atoms. The van der Waals surface area contributed by atoms with Crippen LogP contribution in [0.1, 0.15) is 19.5 Å². The Kier molecular flexibility index (Phi) is 6.17. The third kappa shape index (κ3) is 4.48. The van der Waals surface area contributed by atoms with Crippen molar-refractivity contribution in [2.45, 2.75) is 32.6 Å². The summed E-state index contributed by atoms with van der Waals surface area (Å²) in [7, 11) is -3.43. The maximum absolute atomic E-state index is 13.0. The van der Waals surface area contributed by atoms with Gasteiger partial charge in [0, 0.05) is 62.1 Å². The van der Waals surface area contributed by atoms with Crippen molar-refractivity contribution in [3.8, 4) is 10.6 Å². The van der Waals surface area contributed by atoms with Gasteiger partial charge in [0.25, 0.3) is 10.2 Å². The van der Waals surface area contributed by atoms with Crippen molar-refractivity contribution >= 4 is 32.9 Å². The molecule has 4 rings (SSSR count). The van der Waals surface area contributed by atoms with Crippen LogP contribution in [0.2, 0.25) is 0 Å². The molecule has 0 saturated carbocycles. The van der Waals surface area contributed by atoms with Crippen LogP contribution in [0.5, 0.6) is 0 Å². The molecule has 28 heavy (non-hydrogen) atoms. The fourth-order valence-corrected chi connectivity index (χ4v) is 7.00. The van der Waals surface area contributed by atoms with Crippen molar-refractivity contribution in [1.82, 2.24) is 18.5 Å². The van der Waals surface area contributed by atoms with Gasteiger partial charge in [0.05, 0.1) is 17.9 Å². The fraction of sp³-hybridized carbons (Fsp3) is 0.611. The lowest BCUT2D eigenvalue weighted by molar-refractivity contribution is -0.0457. The second-order valence-electron chi connectivity index (χ2n) is 7.41. The number of hydrogen-bond donors (Lipinski definition) is 0. The predicted octanol–water partition coefficient (Wildman–Crippen LogP) is 2.34. The topological polar surface area (TPSA) is 66.0 Å². The highest BCUT2D eigenvalue weighted by molar-refractivity contribution is 7.86. The molecule has 2 atom stereocenters. The lowest BCUT2D eigenvalue weighted by atomic mass is 10.3. The second-order valence-corrected chi connectivity index (χ2v) is 11.0. The standard InChI is InChI=1S/C18H26N4O3S3/c1-14-9-22(10-15(2)25-14)28(23,24)21-6-4-20(5-7-21)11-17-13-27-18(19-17)16-3-8-26-12-16/h3,8,12-15H,4-7,9-11H2,1-2H3. The molecular weight excluding hydrogens is 416 g/mol. The maximum atomic E-state index is 13.0. The molecule has 0 spiro atoms. The Balaban J connectivity index is 1.33. The second kappa shape index (κ2) is 8.47. The van der Waals surface area contributed by atoms with Crippen molar-refractivity contribution < 1.29 is 13.2 Å². The summed E-state index contributed by atoms with van der Waals surface area (Å²) in [6, 6.07) is 2.09. The van der Waals surface area contributed by atoms with Crippen LogP contribution < -0.4 is 0 Å². The number of aromatic nitrogens is 1. The summed E-state index contributed by atoms with van der Waals surface area (Å²) in [6.07, 6.45) is -0.135. The Hall–Kier alpha value is -0.880. The smallest absolute Gasteiger partial charge is 0.282 e. The summed E-state index contributed by atoms with van der Waals surface area (Å²) in [5.41, 5.74) is 2.23. The summed E-state index contributed by atoms with van der Waals surface area (Å²) >= 11 is 3.34. The van der Waals surface area contributed by atoms with E-state index in [9.17, 15) is 8.42 Å². The molecule has 2 aromatic rings. The minimum absolute atomic E-state index is 0.0677. The average molecular weight is 443 g/mol. The van der Waals surface area contributed by atoms with Crippen LogP contribution >= 0.6 is 22.7 Å². The highest BCUT2D eigenvalue weighted by Gasteiger charge is 2.36. The minimum atomic E-state index is -3.43. The molecule has 2 unspecified atom stereocenters. The largest absolute Gasteiger partial charge is 0.373 e. The number of morpholine rings is 1. The summed E-state index contributed by atoms with van der Waals surface area (Å²) in [4.78, 5) is 7.02. The third-order valence-corrected chi connectivity index (χ3v) is 8.67. The van der Waals surface area contributed by atoms with Crippen LogP contribution in [0.4, 0.5) is 0 Å². The highest BCUT2D eigenvalue weighted by atomic mass is 32.2. The van der Waals surface area contributed by atoms with Crippen LogP contribution in [-0.4, -0.2) is 78.4 Å². The minimum Gasteiger partial charge on any atom is -0.373 e. The molecule has 0 N–H and O–H groups in total. The van der Waals surface area contributed by atoms with Gasteiger partial charge in [-0.1, -0.05) is 0 Å². The van der Waals surface area contributed by atoms with E-state index in [1.807, 2.05) is 13.8 Å². The van der Waals surface area contributed by atoms with E-state index in [0.29, 0.717) is 26.2 Å². The Labute approximate surface area is 174 Å². The fourth-order valence-electron chi connectivity index (χ4n) is 3.73. The van der Waals surface area contributed by atoms with Crippen LogP contribution in [0.25, 0.3) is 10.6 Å². The zero-order chi connectivity index (χ0) is 19.7. The van der Waals surface area contributed by atoms with E-state index in [-0.39, 0.29) is 12.2 Å². The van der Waals surface area contributed by atoms with Crippen molar-refractivity contribution in [3.05, 3.63) is 27.9 Å². The molecule has 0 aromatic carbocycles. The molecule has 0 aliphatic carbocycles. The zero-order valence-corrected chi connectivity index (χ0v) is 18.6. The normalized spacial score (nSPS) is 25.9. The van der Waals surface area contributed by atoms with Gasteiger partial charge >= 0.3 is 0 Å². The number of piperazine rings is 1. The van der Waals surface area contributed by atoms with Gasteiger partial charge < -0.3 is 4.74 Å². The van der Waals surface area contributed by atoms with E-state index in [4.69, 9.17) is 9.72 Å². The Morgan fingerprint density at radius 2 is 1.82 bits per heavy atom. The molecule has 2 saturated heterocycles. The quantitative estimate of drug-likeness (QED) is 0.711. The van der Waals surface area contributed by atoms with E-state index in [1.165, 1.54) is 5.56 Å². The molecule has 0 amide bonds. The zero-order valence-electron chi connectivity index (χ0n) is 16.2. The van der Waals surface area contributed by atoms with Crippen molar-refractivity contribution in [1.29, 1.82) is 0 Å². The lowest BCUT2D eigenvalue weighted by Crippen LogP contribution is -2.57. The van der Waals surface area contributed by atoms with Gasteiger partial charge in [0.2, 0.25) is 0 Å². The molecule has 2 aliphatic heterocycles. The Bertz CT molecular complexity index is 866. The number of thiophene rings is 1. The predicted molar refractivity (Wildman–Crippen MR) is 113 cm³/mol. The maximum Gasteiger partial charge on any atom is 0.282 e. The Morgan fingerprint density at radius 3 is 2.46 bits per heavy atom. The molecule has 154 valence electrons. The SMILES string of the molecule is CC1CN(S(=O)(=O)N2CCN(Cc3csc(-c4ccsc4)n3)CC2)CC(C)O1. The Morgan fingerprint density at radius 1 is 1.11 bits per heavy atom. The number of thiazole rings is 1. The van der Waals surface area contributed by atoms with Crippen LogP contribution in [0.3, 0.4) is 0 Å². The first-order valence-corrected chi connectivity index (χ1v) is 12.7. The van der Waals surface area contributed by atoms with Gasteiger partial charge in [-0.15, -0.1) is 11.3 Å². The monoisotopic (exact) mass is 442 g/mol. The first kappa shape index (κ1) is 20.4. The number of rotatable bonds is 5. The van der Waals surface area contributed by atoms with Gasteiger partial charge in [-0.05, 0) is 25.3 Å². The average Bonchev–Trinajstić information content (AvgIpc) is 3.33.